The lowest BCUT2D eigenvalue weighted by molar-refractivity contribution is -0.136. The van der Waals surface area contributed by atoms with Gasteiger partial charge in [-0.1, -0.05) is 19.1 Å². The number of rotatable bonds is 5. The van der Waals surface area contributed by atoms with E-state index >= 15 is 0 Å². The molecule has 0 saturated heterocycles. The molecular weight excluding hydrogens is 216 g/mol. The summed E-state index contributed by atoms with van der Waals surface area (Å²) < 4.78 is 10.1. The van der Waals surface area contributed by atoms with Crippen LogP contribution >= 0.6 is 0 Å². The molecule has 0 aliphatic rings. The highest BCUT2D eigenvalue weighted by atomic mass is 16.5. The Hall–Kier alpha value is -1.77. The summed E-state index contributed by atoms with van der Waals surface area (Å²) in [6.45, 7) is 4.17. The molecule has 0 atom stereocenters. The van der Waals surface area contributed by atoms with E-state index in [0.717, 1.165) is 12.2 Å². The Labute approximate surface area is 102 Å². The molecule has 0 spiro atoms. The molecule has 17 heavy (non-hydrogen) atoms. The molecule has 0 aromatic heterocycles. The van der Waals surface area contributed by atoms with Crippen LogP contribution in [0.2, 0.25) is 0 Å². The van der Waals surface area contributed by atoms with Gasteiger partial charge in [-0.25, -0.2) is 4.79 Å². The molecule has 0 saturated carbocycles. The minimum Gasteiger partial charge on any atom is -0.490 e. The Balaban J connectivity index is 2.53. The fraction of sp³-hybridized carbons (Fsp3) is 0.357. The van der Waals surface area contributed by atoms with Crippen molar-refractivity contribution in [2.45, 2.75) is 20.3 Å². The normalized spacial score (nSPS) is 11.1. The van der Waals surface area contributed by atoms with Gasteiger partial charge in [0.2, 0.25) is 0 Å². The third-order valence-corrected chi connectivity index (χ3v) is 2.45. The lowest BCUT2D eigenvalue weighted by Gasteiger charge is -2.05. The maximum Gasteiger partial charge on any atom is 0.333 e. The van der Waals surface area contributed by atoms with Crippen LogP contribution in [0.5, 0.6) is 5.75 Å². The maximum atomic E-state index is 11.1. The summed E-state index contributed by atoms with van der Waals surface area (Å²) in [6, 6.07) is 7.93. The van der Waals surface area contributed by atoms with E-state index in [0.29, 0.717) is 12.2 Å². The lowest BCUT2D eigenvalue weighted by Crippen LogP contribution is -2.04. The van der Waals surface area contributed by atoms with Gasteiger partial charge in [0, 0.05) is 5.57 Å². The van der Waals surface area contributed by atoms with Crippen molar-refractivity contribution in [1.82, 2.24) is 0 Å². The molecule has 1 aromatic carbocycles. The van der Waals surface area contributed by atoms with E-state index in [4.69, 9.17) is 4.74 Å². The molecule has 0 radical (unpaired) electrons. The van der Waals surface area contributed by atoms with Gasteiger partial charge in [-0.15, -0.1) is 0 Å². The highest BCUT2D eigenvalue weighted by molar-refractivity contribution is 5.87. The Kier molecular flexibility index (Phi) is 5.27. The number of carbonyl (C=O) groups excluding carboxylic acids is 1. The summed E-state index contributed by atoms with van der Waals surface area (Å²) in [4.78, 5) is 11.1. The summed E-state index contributed by atoms with van der Waals surface area (Å²) in [7, 11) is 1.37. The average Bonchev–Trinajstić information content (AvgIpc) is 2.37. The van der Waals surface area contributed by atoms with Crippen molar-refractivity contribution in [3.63, 3.8) is 0 Å². The summed E-state index contributed by atoms with van der Waals surface area (Å²) in [5.74, 6) is 0.495. The fourth-order valence-corrected chi connectivity index (χ4v) is 1.36. The van der Waals surface area contributed by atoms with Gasteiger partial charge in [0.05, 0.1) is 7.11 Å². The van der Waals surface area contributed by atoms with E-state index in [-0.39, 0.29) is 5.97 Å². The predicted molar refractivity (Wildman–Crippen MR) is 67.1 cm³/mol. The minimum atomic E-state index is -0.323. The molecular formula is C14H18O3. The van der Waals surface area contributed by atoms with Crippen molar-refractivity contribution < 1.29 is 14.3 Å². The molecule has 0 unspecified atom stereocenters. The monoisotopic (exact) mass is 234 g/mol. The maximum absolute atomic E-state index is 11.1. The molecule has 0 amide bonds. The van der Waals surface area contributed by atoms with Crippen LogP contribution in [0, 0.1) is 0 Å². The molecule has 92 valence electrons. The first kappa shape index (κ1) is 13.3. The summed E-state index contributed by atoms with van der Waals surface area (Å²) >= 11 is 0. The SMILES string of the molecule is CCc1cccc(OCC=C(C)C(=O)OC)c1. The third-order valence-electron chi connectivity index (χ3n) is 2.45. The molecule has 0 aliphatic carbocycles. The Bertz CT molecular complexity index is 408. The standard InChI is InChI=1S/C14H18O3/c1-4-12-6-5-7-13(10-12)17-9-8-11(2)14(15)16-3/h5-8,10H,4,9H2,1-3H3. The number of esters is 1. The predicted octanol–water partition coefficient (Wildman–Crippen LogP) is 2.75. The number of aryl methyl sites for hydroxylation is 1. The number of hydrogen-bond acceptors (Lipinski definition) is 3. The molecule has 0 N–H and O–H groups in total. The van der Waals surface area contributed by atoms with Crippen LogP contribution in [0.4, 0.5) is 0 Å². The van der Waals surface area contributed by atoms with Crippen molar-refractivity contribution in [2.24, 2.45) is 0 Å². The van der Waals surface area contributed by atoms with Gasteiger partial charge < -0.3 is 9.47 Å². The van der Waals surface area contributed by atoms with E-state index in [1.807, 2.05) is 18.2 Å². The number of ether oxygens (including phenoxy) is 2. The summed E-state index contributed by atoms with van der Waals surface area (Å²) in [6.07, 6.45) is 2.69. The molecule has 0 aliphatic heterocycles. The van der Waals surface area contributed by atoms with Gasteiger partial charge in [-0.2, -0.15) is 0 Å². The van der Waals surface area contributed by atoms with Crippen LogP contribution in [0.3, 0.4) is 0 Å². The van der Waals surface area contributed by atoms with E-state index in [9.17, 15) is 4.79 Å². The van der Waals surface area contributed by atoms with Crippen LogP contribution < -0.4 is 4.74 Å². The number of hydrogen-bond donors (Lipinski definition) is 0. The molecule has 0 heterocycles. The first-order valence-corrected chi connectivity index (χ1v) is 5.64. The first-order chi connectivity index (χ1) is 8.17. The summed E-state index contributed by atoms with van der Waals surface area (Å²) in [5.41, 5.74) is 1.79. The van der Waals surface area contributed by atoms with Crippen molar-refractivity contribution in [2.75, 3.05) is 13.7 Å². The average molecular weight is 234 g/mol. The Morgan fingerprint density at radius 2 is 2.18 bits per heavy atom. The third kappa shape index (κ3) is 4.31. The Morgan fingerprint density at radius 3 is 2.82 bits per heavy atom. The largest absolute Gasteiger partial charge is 0.490 e. The number of benzene rings is 1. The van der Waals surface area contributed by atoms with Crippen LogP contribution in [0.25, 0.3) is 0 Å². The molecule has 0 bridgehead atoms. The van der Waals surface area contributed by atoms with Crippen LogP contribution in [-0.4, -0.2) is 19.7 Å². The van der Waals surface area contributed by atoms with Crippen molar-refractivity contribution in [1.29, 1.82) is 0 Å². The van der Waals surface area contributed by atoms with Gasteiger partial charge in [0.15, 0.2) is 0 Å². The van der Waals surface area contributed by atoms with E-state index in [2.05, 4.69) is 17.7 Å². The van der Waals surface area contributed by atoms with Crippen molar-refractivity contribution in [3.8, 4) is 5.75 Å². The van der Waals surface area contributed by atoms with Gasteiger partial charge in [0.25, 0.3) is 0 Å². The zero-order valence-electron chi connectivity index (χ0n) is 10.5. The smallest absolute Gasteiger partial charge is 0.333 e. The lowest BCUT2D eigenvalue weighted by atomic mass is 10.2. The van der Waals surface area contributed by atoms with Gasteiger partial charge >= 0.3 is 5.97 Å². The Morgan fingerprint density at radius 1 is 1.41 bits per heavy atom. The second-order valence-corrected chi connectivity index (χ2v) is 3.69. The van der Waals surface area contributed by atoms with Gasteiger partial charge in [0.1, 0.15) is 12.4 Å². The summed E-state index contributed by atoms with van der Waals surface area (Å²) in [5, 5.41) is 0. The zero-order chi connectivity index (χ0) is 12.7. The van der Waals surface area contributed by atoms with E-state index < -0.39 is 0 Å². The van der Waals surface area contributed by atoms with Crippen LogP contribution in [-0.2, 0) is 16.0 Å². The molecule has 3 heteroatoms. The molecule has 3 nitrogen and oxygen atoms in total. The van der Waals surface area contributed by atoms with Gasteiger partial charge in [-0.05, 0) is 37.1 Å². The van der Waals surface area contributed by atoms with Gasteiger partial charge in [-0.3, -0.25) is 0 Å². The van der Waals surface area contributed by atoms with E-state index in [1.165, 1.54) is 12.7 Å². The highest BCUT2D eigenvalue weighted by Crippen LogP contribution is 2.13. The highest BCUT2D eigenvalue weighted by Gasteiger charge is 2.01. The first-order valence-electron chi connectivity index (χ1n) is 5.64. The second kappa shape index (κ2) is 6.74. The van der Waals surface area contributed by atoms with Crippen LogP contribution in [0.1, 0.15) is 19.4 Å². The topological polar surface area (TPSA) is 35.5 Å². The van der Waals surface area contributed by atoms with Crippen LogP contribution in [0.15, 0.2) is 35.9 Å². The second-order valence-electron chi connectivity index (χ2n) is 3.69. The quantitative estimate of drug-likeness (QED) is 0.580. The number of methoxy groups -OCH3 is 1. The zero-order valence-corrected chi connectivity index (χ0v) is 10.5. The molecule has 1 rings (SSSR count). The van der Waals surface area contributed by atoms with Crippen molar-refractivity contribution in [3.05, 3.63) is 41.5 Å². The molecule has 0 fully saturated rings. The fourth-order valence-electron chi connectivity index (χ4n) is 1.36. The minimum absolute atomic E-state index is 0.323. The molecule has 1 aromatic rings. The van der Waals surface area contributed by atoms with E-state index in [1.54, 1.807) is 13.0 Å². The van der Waals surface area contributed by atoms with Crippen molar-refractivity contribution >= 4 is 5.97 Å². The number of carbonyl (C=O) groups is 1.